The molecule has 7 heteroatoms. The Labute approximate surface area is 111 Å². The molecule has 1 atom stereocenters. The topological polar surface area (TPSA) is 93.5 Å². The van der Waals surface area contributed by atoms with Crippen LogP contribution in [0.4, 0.5) is 0 Å². The molecule has 0 aliphatic rings. The number of amides is 1. The molecule has 1 amide bonds. The minimum Gasteiger partial charge on any atom is -0.479 e. The van der Waals surface area contributed by atoms with Crippen molar-refractivity contribution in [1.29, 1.82) is 0 Å². The van der Waals surface area contributed by atoms with E-state index in [4.69, 9.17) is 9.84 Å². The molecule has 0 fully saturated rings. The van der Waals surface area contributed by atoms with Gasteiger partial charge in [-0.1, -0.05) is 0 Å². The van der Waals surface area contributed by atoms with Crippen LogP contribution in [0.3, 0.4) is 0 Å². The van der Waals surface area contributed by atoms with E-state index in [0.29, 0.717) is 6.42 Å². The van der Waals surface area contributed by atoms with Gasteiger partial charge in [0, 0.05) is 32.5 Å². The summed E-state index contributed by atoms with van der Waals surface area (Å²) >= 11 is 0. The lowest BCUT2D eigenvalue weighted by molar-refractivity contribution is -0.149. The highest BCUT2D eigenvalue weighted by molar-refractivity contribution is 5.86. The molecule has 0 aliphatic carbocycles. The zero-order chi connectivity index (χ0) is 14.5. The molecule has 2 N–H and O–H groups in total. The fraction of sp³-hybridized carbons (Fsp3) is 0.583. The van der Waals surface area contributed by atoms with Gasteiger partial charge in [-0.25, -0.2) is 4.79 Å². The number of carboxylic acid groups (broad SMARTS) is 1. The molecule has 0 aromatic carbocycles. The van der Waals surface area contributed by atoms with Crippen molar-refractivity contribution >= 4 is 11.9 Å². The maximum absolute atomic E-state index is 11.8. The molecule has 106 valence electrons. The molecule has 1 unspecified atom stereocenters. The van der Waals surface area contributed by atoms with Gasteiger partial charge in [-0.05, 0) is 19.4 Å². The molecule has 1 rings (SSSR count). The number of hydrogen-bond acceptors (Lipinski definition) is 4. The van der Waals surface area contributed by atoms with Gasteiger partial charge in [0.1, 0.15) is 0 Å². The average molecular weight is 269 g/mol. The average Bonchev–Trinajstić information content (AvgIpc) is 2.72. The lowest BCUT2D eigenvalue weighted by Gasteiger charge is -2.25. The van der Waals surface area contributed by atoms with Crippen LogP contribution in [0.2, 0.25) is 0 Å². The van der Waals surface area contributed by atoms with Gasteiger partial charge in [0.05, 0.1) is 6.61 Å². The van der Waals surface area contributed by atoms with Gasteiger partial charge in [-0.15, -0.1) is 0 Å². The molecule has 1 heterocycles. The normalized spacial score (nSPS) is 13.8. The van der Waals surface area contributed by atoms with E-state index in [-0.39, 0.29) is 18.9 Å². The lowest BCUT2D eigenvalue weighted by atomic mass is 10.0. The molecule has 0 spiro atoms. The maximum atomic E-state index is 11.8. The molecule has 1 aromatic rings. The molecule has 19 heavy (non-hydrogen) atoms. The van der Waals surface area contributed by atoms with E-state index < -0.39 is 11.5 Å². The van der Waals surface area contributed by atoms with E-state index in [0.717, 1.165) is 5.69 Å². The molecule has 0 saturated heterocycles. The van der Waals surface area contributed by atoms with Crippen molar-refractivity contribution in [2.75, 3.05) is 13.7 Å². The van der Waals surface area contributed by atoms with E-state index >= 15 is 0 Å². The second kappa shape index (κ2) is 6.33. The number of methoxy groups -OCH3 is 1. The van der Waals surface area contributed by atoms with E-state index in [1.54, 1.807) is 17.9 Å². The van der Waals surface area contributed by atoms with Crippen LogP contribution in [-0.4, -0.2) is 46.0 Å². The molecule has 0 radical (unpaired) electrons. The van der Waals surface area contributed by atoms with E-state index in [2.05, 4.69) is 10.4 Å². The number of aromatic nitrogens is 2. The SMILES string of the molecule is COCC(C)(NC(=O)CCc1ccnn1C)C(=O)O. The Balaban J connectivity index is 2.54. The zero-order valence-corrected chi connectivity index (χ0v) is 11.3. The highest BCUT2D eigenvalue weighted by atomic mass is 16.5. The number of nitrogens with one attached hydrogen (secondary N) is 1. The van der Waals surface area contributed by atoms with Crippen molar-refractivity contribution in [3.05, 3.63) is 18.0 Å². The highest BCUT2D eigenvalue weighted by Gasteiger charge is 2.34. The lowest BCUT2D eigenvalue weighted by Crippen LogP contribution is -2.55. The second-order valence-corrected chi connectivity index (χ2v) is 4.56. The predicted molar refractivity (Wildman–Crippen MR) is 67.6 cm³/mol. The number of nitrogens with zero attached hydrogens (tertiary/aromatic N) is 2. The van der Waals surface area contributed by atoms with Crippen LogP contribution >= 0.6 is 0 Å². The van der Waals surface area contributed by atoms with E-state index in [9.17, 15) is 9.59 Å². The number of carbonyl (C=O) groups excluding carboxylic acids is 1. The van der Waals surface area contributed by atoms with Crippen LogP contribution in [-0.2, 0) is 27.8 Å². The molecular formula is C12H19N3O4. The first kappa shape index (κ1) is 15.2. The Hall–Kier alpha value is -1.89. The minimum atomic E-state index is -1.40. The van der Waals surface area contributed by atoms with Crippen LogP contribution in [0.25, 0.3) is 0 Å². The van der Waals surface area contributed by atoms with E-state index in [1.165, 1.54) is 14.0 Å². The van der Waals surface area contributed by atoms with Crippen LogP contribution in [0.15, 0.2) is 12.3 Å². The second-order valence-electron chi connectivity index (χ2n) is 4.56. The molecule has 0 aliphatic heterocycles. The Morgan fingerprint density at radius 3 is 2.74 bits per heavy atom. The molecule has 1 aromatic heterocycles. The first-order valence-corrected chi connectivity index (χ1v) is 5.89. The Morgan fingerprint density at radius 2 is 2.26 bits per heavy atom. The monoisotopic (exact) mass is 269 g/mol. The van der Waals surface area contributed by atoms with Crippen LogP contribution < -0.4 is 5.32 Å². The van der Waals surface area contributed by atoms with Gasteiger partial charge in [0.25, 0.3) is 0 Å². The van der Waals surface area contributed by atoms with Gasteiger partial charge in [0.15, 0.2) is 5.54 Å². The van der Waals surface area contributed by atoms with Crippen molar-refractivity contribution in [3.8, 4) is 0 Å². The number of aryl methyl sites for hydroxylation is 2. The van der Waals surface area contributed by atoms with Crippen LogP contribution in [0.1, 0.15) is 19.0 Å². The summed E-state index contributed by atoms with van der Waals surface area (Å²) in [6.45, 7) is 1.33. The van der Waals surface area contributed by atoms with E-state index in [1.807, 2.05) is 6.07 Å². The fourth-order valence-electron chi connectivity index (χ4n) is 1.70. The van der Waals surface area contributed by atoms with Crippen molar-refractivity contribution < 1.29 is 19.4 Å². The fourth-order valence-corrected chi connectivity index (χ4v) is 1.70. The number of ether oxygens (including phenoxy) is 1. The number of hydrogen-bond donors (Lipinski definition) is 2. The summed E-state index contributed by atoms with van der Waals surface area (Å²) in [5.41, 5.74) is -0.489. The molecule has 0 saturated carbocycles. The standard InChI is InChI=1S/C12H19N3O4/c1-12(8-19-3,11(17)18)14-10(16)5-4-9-6-7-13-15(9)2/h6-7H,4-5,8H2,1-3H3,(H,14,16)(H,17,18). The van der Waals surface area contributed by atoms with Crippen molar-refractivity contribution in [2.45, 2.75) is 25.3 Å². The summed E-state index contributed by atoms with van der Waals surface area (Å²) in [5, 5.41) is 15.6. The minimum absolute atomic E-state index is 0.0835. The quantitative estimate of drug-likeness (QED) is 0.724. The molecule has 0 bridgehead atoms. The van der Waals surface area contributed by atoms with Crippen molar-refractivity contribution in [2.24, 2.45) is 7.05 Å². The summed E-state index contributed by atoms with van der Waals surface area (Å²) in [4.78, 5) is 22.9. The van der Waals surface area contributed by atoms with Gasteiger partial charge >= 0.3 is 5.97 Å². The molecule has 7 nitrogen and oxygen atoms in total. The third kappa shape index (κ3) is 4.06. The summed E-state index contributed by atoms with van der Waals surface area (Å²) in [6, 6.07) is 1.82. The highest BCUT2D eigenvalue weighted by Crippen LogP contribution is 2.07. The summed E-state index contributed by atoms with van der Waals surface area (Å²) in [5.74, 6) is -1.45. The first-order chi connectivity index (χ1) is 8.89. The smallest absolute Gasteiger partial charge is 0.331 e. The van der Waals surface area contributed by atoms with Gasteiger partial charge in [-0.3, -0.25) is 9.48 Å². The third-order valence-electron chi connectivity index (χ3n) is 2.85. The molecular weight excluding hydrogens is 250 g/mol. The van der Waals surface area contributed by atoms with Crippen LogP contribution in [0, 0.1) is 0 Å². The zero-order valence-electron chi connectivity index (χ0n) is 11.3. The summed E-state index contributed by atoms with van der Waals surface area (Å²) in [7, 11) is 3.18. The van der Waals surface area contributed by atoms with Crippen LogP contribution in [0.5, 0.6) is 0 Å². The summed E-state index contributed by atoms with van der Waals surface area (Å²) in [6.07, 6.45) is 2.36. The van der Waals surface area contributed by atoms with Gasteiger partial charge < -0.3 is 15.2 Å². The first-order valence-electron chi connectivity index (χ1n) is 5.89. The number of carboxylic acids is 1. The van der Waals surface area contributed by atoms with Crippen molar-refractivity contribution in [3.63, 3.8) is 0 Å². The Bertz CT molecular complexity index is 458. The largest absolute Gasteiger partial charge is 0.479 e. The number of carbonyl (C=O) groups is 2. The van der Waals surface area contributed by atoms with Gasteiger partial charge in [0.2, 0.25) is 5.91 Å². The van der Waals surface area contributed by atoms with Gasteiger partial charge in [-0.2, -0.15) is 5.10 Å². The van der Waals surface area contributed by atoms with Crippen molar-refractivity contribution in [1.82, 2.24) is 15.1 Å². The Kier molecular flexibility index (Phi) is 5.05. The third-order valence-corrected chi connectivity index (χ3v) is 2.85. The maximum Gasteiger partial charge on any atom is 0.331 e. The summed E-state index contributed by atoms with van der Waals surface area (Å²) < 4.78 is 6.51. The number of aliphatic carboxylic acids is 1. The Morgan fingerprint density at radius 1 is 1.58 bits per heavy atom. The number of rotatable bonds is 7. The predicted octanol–water partition coefficient (Wildman–Crippen LogP) is -0.0414.